The van der Waals surface area contributed by atoms with E-state index in [1.165, 1.54) is 6.16 Å². The molecule has 66 valence electrons. The molecule has 0 radical (unpaired) electrons. The first-order valence-corrected chi connectivity index (χ1v) is 6.14. The van der Waals surface area contributed by atoms with E-state index in [1.54, 1.807) is 21.8 Å². The molecule has 2 bridgehead atoms. The third kappa shape index (κ3) is 0.726. The number of rotatable bonds is 0. The molecule has 0 aromatic rings. The predicted molar refractivity (Wildman–Crippen MR) is 56.6 cm³/mol. The zero-order chi connectivity index (χ0) is 9.09. The van der Waals surface area contributed by atoms with Crippen LogP contribution >= 0.6 is 7.92 Å². The van der Waals surface area contributed by atoms with Crippen LogP contribution in [0.1, 0.15) is 34.6 Å². The summed E-state index contributed by atoms with van der Waals surface area (Å²) in [5.41, 5.74) is 3.79. The van der Waals surface area contributed by atoms with Crippen molar-refractivity contribution in [1.29, 1.82) is 0 Å². The summed E-state index contributed by atoms with van der Waals surface area (Å²) in [6.45, 7) is 11.7. The van der Waals surface area contributed by atoms with Crippen molar-refractivity contribution < 1.29 is 0 Å². The van der Waals surface area contributed by atoms with E-state index in [9.17, 15) is 0 Å². The van der Waals surface area contributed by atoms with E-state index >= 15 is 0 Å². The van der Waals surface area contributed by atoms with Gasteiger partial charge in [-0.2, -0.15) is 0 Å². The highest BCUT2D eigenvalue weighted by Gasteiger charge is 2.46. The molecule has 0 nitrogen and oxygen atoms in total. The molecule has 0 unspecified atom stereocenters. The lowest BCUT2D eigenvalue weighted by molar-refractivity contribution is 0.561. The van der Waals surface area contributed by atoms with Crippen molar-refractivity contribution in [3.63, 3.8) is 0 Å². The van der Waals surface area contributed by atoms with Crippen molar-refractivity contribution in [2.75, 3.05) is 6.16 Å². The van der Waals surface area contributed by atoms with E-state index in [0.717, 1.165) is 0 Å². The highest BCUT2D eigenvalue weighted by atomic mass is 31.1. The molecule has 12 heavy (non-hydrogen) atoms. The maximum absolute atomic E-state index is 2.42. The van der Waals surface area contributed by atoms with Gasteiger partial charge in [0.25, 0.3) is 0 Å². The van der Waals surface area contributed by atoms with Gasteiger partial charge in [0.15, 0.2) is 0 Å². The molecule has 2 aliphatic rings. The Morgan fingerprint density at radius 3 is 1.67 bits per heavy atom. The average molecular weight is 180 g/mol. The molecule has 2 heterocycles. The number of hydrogen-bond acceptors (Lipinski definition) is 0. The van der Waals surface area contributed by atoms with Gasteiger partial charge in [0, 0.05) is 5.41 Å². The topological polar surface area (TPSA) is 0 Å². The Balaban J connectivity index is 2.58. The van der Waals surface area contributed by atoms with Gasteiger partial charge < -0.3 is 0 Å². The van der Waals surface area contributed by atoms with Crippen molar-refractivity contribution in [3.05, 3.63) is 21.8 Å². The van der Waals surface area contributed by atoms with Crippen LogP contribution in [0.2, 0.25) is 0 Å². The third-order valence-corrected chi connectivity index (χ3v) is 7.26. The number of fused-ring (bicyclic) bond motifs is 2. The first-order chi connectivity index (χ1) is 5.48. The molecule has 0 atom stereocenters. The SMILES string of the molecule is CC1=C(C)C2(C)CP1C(C)=C2C. The Labute approximate surface area is 76.5 Å². The van der Waals surface area contributed by atoms with Crippen LogP contribution in [-0.4, -0.2) is 6.16 Å². The standard InChI is InChI=1S/C11H17P/c1-7-9(3)12-6-11(7,5)8(2)10(12)4/h6H2,1-5H3. The molecule has 0 saturated heterocycles. The van der Waals surface area contributed by atoms with E-state index in [-0.39, 0.29) is 7.92 Å². The van der Waals surface area contributed by atoms with Crippen LogP contribution in [0.5, 0.6) is 0 Å². The van der Waals surface area contributed by atoms with Crippen LogP contribution in [0.4, 0.5) is 0 Å². The molecule has 0 aliphatic carbocycles. The van der Waals surface area contributed by atoms with Crippen molar-refractivity contribution in [1.82, 2.24) is 0 Å². The van der Waals surface area contributed by atoms with Gasteiger partial charge in [-0.05, 0) is 44.5 Å². The van der Waals surface area contributed by atoms with Crippen LogP contribution in [-0.2, 0) is 0 Å². The van der Waals surface area contributed by atoms with Crippen molar-refractivity contribution >= 4 is 7.92 Å². The van der Waals surface area contributed by atoms with Gasteiger partial charge in [-0.15, -0.1) is 0 Å². The molecule has 0 saturated carbocycles. The van der Waals surface area contributed by atoms with Crippen LogP contribution in [0.25, 0.3) is 0 Å². The molecular formula is C11H17P. The monoisotopic (exact) mass is 180 g/mol. The number of hydrogen-bond donors (Lipinski definition) is 0. The summed E-state index contributed by atoms with van der Waals surface area (Å²) >= 11 is 0. The summed E-state index contributed by atoms with van der Waals surface area (Å²) in [7, 11) is 0.141. The second-order valence-corrected chi connectivity index (χ2v) is 6.85. The van der Waals surface area contributed by atoms with E-state index in [1.807, 2.05) is 0 Å². The fourth-order valence-corrected chi connectivity index (χ4v) is 5.91. The molecule has 0 N–H and O–H groups in total. The van der Waals surface area contributed by atoms with Gasteiger partial charge in [0.1, 0.15) is 0 Å². The Hall–Kier alpha value is -0.0900. The summed E-state index contributed by atoms with van der Waals surface area (Å²) < 4.78 is 0. The minimum Gasteiger partial charge on any atom is -0.0592 e. The maximum atomic E-state index is 2.42. The smallest absolute Gasteiger partial charge is 0.0144 e. The zero-order valence-electron chi connectivity index (χ0n) is 8.65. The maximum Gasteiger partial charge on any atom is 0.0144 e. The van der Waals surface area contributed by atoms with E-state index in [4.69, 9.17) is 0 Å². The number of allylic oxidation sites excluding steroid dienone is 4. The Bertz CT molecular complexity index is 281. The molecule has 0 aromatic heterocycles. The van der Waals surface area contributed by atoms with E-state index in [0.29, 0.717) is 5.41 Å². The predicted octanol–water partition coefficient (Wildman–Crippen LogP) is 4.09. The molecule has 2 aliphatic heterocycles. The molecule has 2 rings (SSSR count). The molecule has 0 fully saturated rings. The Morgan fingerprint density at radius 2 is 1.42 bits per heavy atom. The lowest BCUT2D eigenvalue weighted by atomic mass is 9.78. The molecule has 0 spiro atoms. The summed E-state index contributed by atoms with van der Waals surface area (Å²) in [4.78, 5) is 0. The highest BCUT2D eigenvalue weighted by molar-refractivity contribution is 7.67. The quantitative estimate of drug-likeness (QED) is 0.492. The lowest BCUT2D eigenvalue weighted by Crippen LogP contribution is -2.17. The fraction of sp³-hybridized carbons (Fsp3) is 0.636. The Morgan fingerprint density at radius 1 is 1.00 bits per heavy atom. The molecule has 0 amide bonds. The molecule has 1 heteroatoms. The van der Waals surface area contributed by atoms with Crippen LogP contribution in [0, 0.1) is 5.41 Å². The van der Waals surface area contributed by atoms with Gasteiger partial charge in [-0.25, -0.2) is 0 Å². The summed E-state index contributed by atoms with van der Waals surface area (Å²) in [5.74, 6) is 0. The lowest BCUT2D eigenvalue weighted by Gasteiger charge is -2.26. The van der Waals surface area contributed by atoms with Crippen LogP contribution < -0.4 is 0 Å². The fourth-order valence-electron chi connectivity index (χ4n) is 2.53. The van der Waals surface area contributed by atoms with Gasteiger partial charge in [-0.1, -0.05) is 26.0 Å². The van der Waals surface area contributed by atoms with Gasteiger partial charge in [-0.3, -0.25) is 0 Å². The van der Waals surface area contributed by atoms with Gasteiger partial charge >= 0.3 is 0 Å². The van der Waals surface area contributed by atoms with Gasteiger partial charge in [0.2, 0.25) is 0 Å². The first-order valence-electron chi connectivity index (χ1n) is 4.62. The minimum absolute atomic E-state index is 0.141. The summed E-state index contributed by atoms with van der Waals surface area (Å²) in [6, 6.07) is 0. The molecule has 0 aromatic carbocycles. The van der Waals surface area contributed by atoms with Crippen LogP contribution in [0.15, 0.2) is 21.8 Å². The minimum atomic E-state index is 0.141. The average Bonchev–Trinajstić information content (AvgIpc) is 2.39. The third-order valence-electron chi connectivity index (χ3n) is 4.02. The molecular weight excluding hydrogens is 163 g/mol. The largest absolute Gasteiger partial charge is 0.0592 e. The van der Waals surface area contributed by atoms with Crippen LogP contribution in [0.3, 0.4) is 0 Å². The van der Waals surface area contributed by atoms with Crippen molar-refractivity contribution in [2.24, 2.45) is 5.41 Å². The van der Waals surface area contributed by atoms with E-state index in [2.05, 4.69) is 34.6 Å². The summed E-state index contributed by atoms with van der Waals surface area (Å²) in [6.07, 6.45) is 1.41. The highest BCUT2D eigenvalue weighted by Crippen LogP contribution is 2.72. The Kier molecular flexibility index (Phi) is 1.58. The second kappa shape index (κ2) is 2.23. The second-order valence-electron chi connectivity index (χ2n) is 4.34. The first kappa shape index (κ1) is 8.51. The van der Waals surface area contributed by atoms with E-state index < -0.39 is 0 Å². The summed E-state index contributed by atoms with van der Waals surface area (Å²) in [5, 5.41) is 3.41. The zero-order valence-corrected chi connectivity index (χ0v) is 9.55. The van der Waals surface area contributed by atoms with Gasteiger partial charge in [0.05, 0.1) is 0 Å². The normalized spacial score (nSPS) is 40.2. The van der Waals surface area contributed by atoms with Crippen molar-refractivity contribution in [2.45, 2.75) is 34.6 Å². The van der Waals surface area contributed by atoms with Crippen molar-refractivity contribution in [3.8, 4) is 0 Å².